The molecule has 9 nitrogen and oxygen atoms in total. The van der Waals surface area contributed by atoms with E-state index in [1.165, 1.54) is 0 Å². The quantitative estimate of drug-likeness (QED) is 0.581. The molecule has 2 saturated heterocycles. The molecule has 1 unspecified atom stereocenters. The normalized spacial score (nSPS) is 18.7. The molecule has 2 fully saturated rings. The van der Waals surface area contributed by atoms with Crippen LogP contribution in [0.25, 0.3) is 11.0 Å². The number of rotatable bonds is 6. The Labute approximate surface area is 198 Å². The summed E-state index contributed by atoms with van der Waals surface area (Å²) in [5.41, 5.74) is 2.63. The van der Waals surface area contributed by atoms with Gasteiger partial charge in [0.1, 0.15) is 5.65 Å². The van der Waals surface area contributed by atoms with Crippen molar-refractivity contribution in [3.05, 3.63) is 52.9 Å². The molecule has 1 atom stereocenters. The van der Waals surface area contributed by atoms with Gasteiger partial charge < -0.3 is 20.4 Å². The van der Waals surface area contributed by atoms with Crippen LogP contribution in [-0.4, -0.2) is 64.1 Å². The third kappa shape index (κ3) is 4.61. The number of amides is 1. The van der Waals surface area contributed by atoms with E-state index in [0.29, 0.717) is 24.1 Å². The highest BCUT2D eigenvalue weighted by atomic mass is 16.2. The Morgan fingerprint density at radius 2 is 1.94 bits per heavy atom. The zero-order valence-electron chi connectivity index (χ0n) is 19.7. The van der Waals surface area contributed by atoms with E-state index >= 15 is 0 Å². The molecule has 1 amide bonds. The first kappa shape index (κ1) is 22.3. The van der Waals surface area contributed by atoms with Gasteiger partial charge in [-0.3, -0.25) is 14.2 Å². The number of anilines is 3. The van der Waals surface area contributed by atoms with Gasteiger partial charge in [-0.2, -0.15) is 4.98 Å². The number of pyridine rings is 1. The van der Waals surface area contributed by atoms with Crippen molar-refractivity contribution >= 4 is 34.3 Å². The van der Waals surface area contributed by atoms with Crippen molar-refractivity contribution in [2.75, 3.05) is 42.9 Å². The Balaban J connectivity index is 1.31. The summed E-state index contributed by atoms with van der Waals surface area (Å²) in [6.45, 7) is 8.75. The van der Waals surface area contributed by atoms with Crippen molar-refractivity contribution in [1.82, 2.24) is 24.8 Å². The Bertz CT molecular complexity index is 1240. The Morgan fingerprint density at radius 1 is 1.15 bits per heavy atom. The number of fused-ring (bicyclic) bond motifs is 1. The van der Waals surface area contributed by atoms with Crippen LogP contribution in [0.3, 0.4) is 0 Å². The Kier molecular flexibility index (Phi) is 6.19. The molecule has 9 heteroatoms. The Hall–Kier alpha value is -3.46. The van der Waals surface area contributed by atoms with E-state index in [9.17, 15) is 9.59 Å². The van der Waals surface area contributed by atoms with Crippen LogP contribution in [-0.2, 0) is 11.3 Å². The molecule has 1 aromatic carbocycles. The van der Waals surface area contributed by atoms with E-state index in [2.05, 4.69) is 44.6 Å². The van der Waals surface area contributed by atoms with E-state index in [0.717, 1.165) is 55.9 Å². The van der Waals surface area contributed by atoms with E-state index < -0.39 is 0 Å². The summed E-state index contributed by atoms with van der Waals surface area (Å²) >= 11 is 0. The van der Waals surface area contributed by atoms with Crippen LogP contribution in [0, 0.1) is 5.92 Å². The van der Waals surface area contributed by atoms with Crippen molar-refractivity contribution in [3.8, 4) is 0 Å². The average Bonchev–Trinajstić information content (AvgIpc) is 2.80. The lowest BCUT2D eigenvalue weighted by Crippen LogP contribution is -2.53. The standard InChI is InChI=1S/C25H31N7O2/c1-17-16-30(18(2)33)11-12-31(17)22-6-4-21(5-7-22)28-25-27-15-20-3-8-23(34)32(24(20)29-25)10-9-19-13-26-14-19/h3-8,15,17,19,26H,9-14,16H2,1-2H3,(H,27,28,29). The van der Waals surface area contributed by atoms with E-state index in [4.69, 9.17) is 0 Å². The zero-order valence-corrected chi connectivity index (χ0v) is 19.7. The molecule has 0 radical (unpaired) electrons. The lowest BCUT2D eigenvalue weighted by atomic mass is 9.99. The summed E-state index contributed by atoms with van der Waals surface area (Å²) in [5.74, 6) is 1.22. The first-order chi connectivity index (χ1) is 16.5. The molecule has 3 aromatic rings. The van der Waals surface area contributed by atoms with Gasteiger partial charge in [-0.1, -0.05) is 0 Å². The summed E-state index contributed by atoms with van der Waals surface area (Å²) in [7, 11) is 0. The second kappa shape index (κ2) is 9.42. The fourth-order valence-corrected chi connectivity index (χ4v) is 4.70. The predicted octanol–water partition coefficient (Wildman–Crippen LogP) is 2.20. The predicted molar refractivity (Wildman–Crippen MR) is 134 cm³/mol. The third-order valence-corrected chi connectivity index (χ3v) is 6.88. The largest absolute Gasteiger partial charge is 0.365 e. The maximum absolute atomic E-state index is 12.5. The molecule has 2 aliphatic heterocycles. The number of hydrogen-bond acceptors (Lipinski definition) is 7. The number of aryl methyl sites for hydroxylation is 1. The van der Waals surface area contributed by atoms with E-state index in [-0.39, 0.29) is 17.5 Å². The highest BCUT2D eigenvalue weighted by molar-refractivity contribution is 5.76. The first-order valence-corrected chi connectivity index (χ1v) is 11.9. The molecule has 2 aliphatic rings. The third-order valence-electron chi connectivity index (χ3n) is 6.88. The maximum atomic E-state index is 12.5. The number of piperazine rings is 1. The number of hydrogen-bond donors (Lipinski definition) is 2. The monoisotopic (exact) mass is 461 g/mol. The van der Waals surface area contributed by atoms with Crippen LogP contribution in [0.5, 0.6) is 0 Å². The lowest BCUT2D eigenvalue weighted by molar-refractivity contribution is -0.129. The fourth-order valence-electron chi connectivity index (χ4n) is 4.70. The van der Waals surface area contributed by atoms with Gasteiger partial charge in [0, 0.05) is 68.2 Å². The minimum atomic E-state index is -0.0345. The van der Waals surface area contributed by atoms with Crippen molar-refractivity contribution in [2.24, 2.45) is 5.92 Å². The zero-order chi connectivity index (χ0) is 23.7. The maximum Gasteiger partial charge on any atom is 0.252 e. The molecular formula is C25H31N7O2. The summed E-state index contributed by atoms with van der Waals surface area (Å²) in [4.78, 5) is 37.6. The molecule has 178 valence electrons. The van der Waals surface area contributed by atoms with Gasteiger partial charge in [0.15, 0.2) is 0 Å². The van der Waals surface area contributed by atoms with Crippen molar-refractivity contribution in [2.45, 2.75) is 32.9 Å². The van der Waals surface area contributed by atoms with E-state index in [1.807, 2.05) is 17.0 Å². The van der Waals surface area contributed by atoms with Gasteiger partial charge in [-0.05, 0) is 62.7 Å². The number of carbonyl (C=O) groups is 1. The minimum Gasteiger partial charge on any atom is -0.365 e. The summed E-state index contributed by atoms with van der Waals surface area (Å²) in [6.07, 6.45) is 2.72. The molecule has 34 heavy (non-hydrogen) atoms. The second-order valence-corrected chi connectivity index (χ2v) is 9.29. The second-order valence-electron chi connectivity index (χ2n) is 9.29. The van der Waals surface area contributed by atoms with Gasteiger partial charge >= 0.3 is 0 Å². The minimum absolute atomic E-state index is 0.0345. The average molecular weight is 462 g/mol. The Morgan fingerprint density at radius 3 is 2.62 bits per heavy atom. The highest BCUT2D eigenvalue weighted by Gasteiger charge is 2.25. The number of benzene rings is 1. The molecule has 0 saturated carbocycles. The van der Waals surface area contributed by atoms with Crippen LogP contribution in [0.15, 0.2) is 47.4 Å². The van der Waals surface area contributed by atoms with Gasteiger partial charge in [0.2, 0.25) is 11.9 Å². The van der Waals surface area contributed by atoms with Gasteiger partial charge in [0.25, 0.3) is 5.56 Å². The first-order valence-electron chi connectivity index (χ1n) is 11.9. The number of aromatic nitrogens is 3. The van der Waals surface area contributed by atoms with Crippen LogP contribution < -0.4 is 21.1 Å². The SMILES string of the molecule is CC(=O)N1CCN(c2ccc(Nc3ncc4ccc(=O)n(CCC5CNC5)c4n3)cc2)C(C)C1. The molecule has 4 heterocycles. The fraction of sp³-hybridized carbons (Fsp3) is 0.440. The van der Waals surface area contributed by atoms with Gasteiger partial charge in [-0.15, -0.1) is 0 Å². The molecular weight excluding hydrogens is 430 g/mol. The van der Waals surface area contributed by atoms with Gasteiger partial charge in [-0.25, -0.2) is 4.98 Å². The van der Waals surface area contributed by atoms with Crippen molar-refractivity contribution < 1.29 is 4.79 Å². The van der Waals surface area contributed by atoms with Crippen LogP contribution in [0.2, 0.25) is 0 Å². The molecule has 2 aromatic heterocycles. The van der Waals surface area contributed by atoms with Gasteiger partial charge in [0.05, 0.1) is 0 Å². The smallest absolute Gasteiger partial charge is 0.252 e. The van der Waals surface area contributed by atoms with E-state index in [1.54, 1.807) is 29.8 Å². The molecule has 2 N–H and O–H groups in total. The molecule has 0 aliphatic carbocycles. The summed E-state index contributed by atoms with van der Waals surface area (Å²) < 4.78 is 1.76. The molecule has 5 rings (SSSR count). The summed E-state index contributed by atoms with van der Waals surface area (Å²) in [5, 5.41) is 7.40. The van der Waals surface area contributed by atoms with Crippen molar-refractivity contribution in [1.29, 1.82) is 0 Å². The summed E-state index contributed by atoms with van der Waals surface area (Å²) in [6, 6.07) is 11.8. The molecule has 0 spiro atoms. The van der Waals surface area contributed by atoms with Crippen LogP contribution in [0.4, 0.5) is 17.3 Å². The number of carbonyl (C=O) groups excluding carboxylic acids is 1. The van der Waals surface area contributed by atoms with Crippen molar-refractivity contribution in [3.63, 3.8) is 0 Å². The van der Waals surface area contributed by atoms with Crippen LogP contribution >= 0.6 is 0 Å². The highest BCUT2D eigenvalue weighted by Crippen LogP contribution is 2.24. The lowest BCUT2D eigenvalue weighted by Gasteiger charge is -2.41. The van der Waals surface area contributed by atoms with Crippen LogP contribution in [0.1, 0.15) is 20.3 Å². The number of nitrogens with one attached hydrogen (secondary N) is 2. The topological polar surface area (TPSA) is 95.4 Å². The molecule has 0 bridgehead atoms. The number of nitrogens with zero attached hydrogens (tertiary/aromatic N) is 5.